The van der Waals surface area contributed by atoms with Crippen molar-refractivity contribution in [3.05, 3.63) is 48.0 Å². The first-order chi connectivity index (χ1) is 12.6. The highest BCUT2D eigenvalue weighted by Gasteiger charge is 2.22. The molecule has 27 heavy (non-hydrogen) atoms. The molecular formula is C20H27IN4O2. The highest BCUT2D eigenvalue weighted by molar-refractivity contribution is 14.0. The van der Waals surface area contributed by atoms with Crippen molar-refractivity contribution in [3.8, 4) is 11.5 Å². The molecule has 1 aliphatic heterocycles. The Labute approximate surface area is 177 Å². The van der Waals surface area contributed by atoms with Crippen LogP contribution in [0, 0.1) is 0 Å². The number of nitrogens with two attached hydrogens (primary N) is 1. The molecule has 0 bridgehead atoms. The second kappa shape index (κ2) is 9.68. The van der Waals surface area contributed by atoms with Crippen molar-refractivity contribution < 1.29 is 9.47 Å². The number of benzene rings is 2. The molecule has 2 aromatic carbocycles. The quantitative estimate of drug-likeness (QED) is 0.375. The topological polar surface area (TPSA) is 72.1 Å². The van der Waals surface area contributed by atoms with E-state index in [9.17, 15) is 0 Å². The molecule has 0 radical (unpaired) electrons. The molecule has 0 fully saturated rings. The third kappa shape index (κ3) is 4.97. The number of guanidine groups is 1. The van der Waals surface area contributed by atoms with Gasteiger partial charge in [-0.2, -0.15) is 0 Å². The van der Waals surface area contributed by atoms with Crippen molar-refractivity contribution in [1.29, 1.82) is 0 Å². The van der Waals surface area contributed by atoms with Gasteiger partial charge >= 0.3 is 0 Å². The number of methoxy groups -OCH3 is 2. The normalized spacial score (nSPS) is 14.2. The van der Waals surface area contributed by atoms with Gasteiger partial charge in [-0.25, -0.2) is 0 Å². The summed E-state index contributed by atoms with van der Waals surface area (Å²) in [5.74, 6) is 1.71. The van der Waals surface area contributed by atoms with Crippen LogP contribution < -0.4 is 25.4 Å². The maximum atomic E-state index is 6.06. The molecule has 0 aromatic heterocycles. The van der Waals surface area contributed by atoms with Gasteiger partial charge in [0.2, 0.25) is 0 Å². The first-order valence-corrected chi connectivity index (χ1v) is 8.76. The summed E-state index contributed by atoms with van der Waals surface area (Å²) in [6, 6.07) is 14.4. The van der Waals surface area contributed by atoms with Gasteiger partial charge < -0.3 is 25.4 Å². The zero-order chi connectivity index (χ0) is 18.5. The minimum Gasteiger partial charge on any atom is -0.493 e. The number of hydrogen-bond donors (Lipinski definition) is 2. The molecule has 3 rings (SSSR count). The van der Waals surface area contributed by atoms with E-state index in [1.807, 2.05) is 18.2 Å². The third-order valence-corrected chi connectivity index (χ3v) is 4.64. The van der Waals surface area contributed by atoms with Gasteiger partial charge in [0.05, 0.1) is 20.8 Å². The van der Waals surface area contributed by atoms with Crippen molar-refractivity contribution >= 4 is 41.3 Å². The summed E-state index contributed by atoms with van der Waals surface area (Å²) in [7, 11) is 3.22. The van der Waals surface area contributed by atoms with Crippen LogP contribution in [-0.2, 0) is 6.42 Å². The highest BCUT2D eigenvalue weighted by atomic mass is 127. The van der Waals surface area contributed by atoms with E-state index in [0.29, 0.717) is 24.0 Å². The Hall–Kier alpha value is -2.16. The number of nitrogens with zero attached hydrogens (tertiary/aromatic N) is 2. The van der Waals surface area contributed by atoms with Crippen LogP contribution in [0.5, 0.6) is 11.5 Å². The standard InChI is InChI=1S/C20H26N4O2.HI/c1-14(24-11-10-15-6-4-5-7-17(15)24)13-22-20(21)23-16-8-9-18(25-2)19(12-16)26-3;/h4-9,12,14H,10-11,13H2,1-3H3,(H3,21,22,23);1H. The molecule has 146 valence electrons. The Bertz CT molecular complexity index is 797. The number of rotatable bonds is 6. The summed E-state index contributed by atoms with van der Waals surface area (Å²) < 4.78 is 10.5. The Morgan fingerprint density at radius 2 is 1.93 bits per heavy atom. The van der Waals surface area contributed by atoms with Crippen molar-refractivity contribution in [3.63, 3.8) is 0 Å². The van der Waals surface area contributed by atoms with Crippen LogP contribution >= 0.6 is 24.0 Å². The van der Waals surface area contributed by atoms with Crippen molar-refractivity contribution in [2.24, 2.45) is 10.7 Å². The fourth-order valence-corrected chi connectivity index (χ4v) is 3.25. The van der Waals surface area contributed by atoms with E-state index in [2.05, 4.69) is 46.4 Å². The fourth-order valence-electron chi connectivity index (χ4n) is 3.25. The van der Waals surface area contributed by atoms with Crippen molar-refractivity contribution in [2.45, 2.75) is 19.4 Å². The van der Waals surface area contributed by atoms with E-state index in [-0.39, 0.29) is 30.0 Å². The third-order valence-electron chi connectivity index (χ3n) is 4.64. The van der Waals surface area contributed by atoms with Gasteiger partial charge in [-0.05, 0) is 37.1 Å². The first-order valence-electron chi connectivity index (χ1n) is 8.76. The van der Waals surface area contributed by atoms with Crippen LogP contribution in [0.2, 0.25) is 0 Å². The molecular weight excluding hydrogens is 455 g/mol. The van der Waals surface area contributed by atoms with Crippen LogP contribution in [0.1, 0.15) is 12.5 Å². The number of nitrogens with one attached hydrogen (secondary N) is 1. The minimum atomic E-state index is 0. The molecule has 0 saturated carbocycles. The molecule has 3 N–H and O–H groups in total. The SMILES string of the molecule is COc1ccc(NC(N)=NCC(C)N2CCc3ccccc32)cc1OC.I. The maximum absolute atomic E-state index is 6.06. The zero-order valence-corrected chi connectivity index (χ0v) is 18.3. The van der Waals surface area contributed by atoms with E-state index in [1.165, 1.54) is 11.3 Å². The van der Waals surface area contributed by atoms with Crippen LogP contribution in [0.3, 0.4) is 0 Å². The monoisotopic (exact) mass is 482 g/mol. The largest absolute Gasteiger partial charge is 0.493 e. The molecule has 0 saturated heterocycles. The minimum absolute atomic E-state index is 0. The number of hydrogen-bond acceptors (Lipinski definition) is 4. The lowest BCUT2D eigenvalue weighted by Gasteiger charge is -2.26. The Morgan fingerprint density at radius 1 is 1.19 bits per heavy atom. The fraction of sp³-hybridized carbons (Fsp3) is 0.350. The molecule has 1 heterocycles. The lowest BCUT2D eigenvalue weighted by molar-refractivity contribution is 0.355. The van der Waals surface area contributed by atoms with Gasteiger partial charge in [-0.3, -0.25) is 4.99 Å². The molecule has 0 spiro atoms. The summed E-state index contributed by atoms with van der Waals surface area (Å²) in [5, 5.41) is 3.11. The predicted molar refractivity (Wildman–Crippen MR) is 122 cm³/mol. The number of anilines is 2. The molecule has 0 amide bonds. The zero-order valence-electron chi connectivity index (χ0n) is 15.9. The molecule has 1 aliphatic rings. The lowest BCUT2D eigenvalue weighted by Crippen LogP contribution is -2.35. The smallest absolute Gasteiger partial charge is 0.193 e. The van der Waals surface area contributed by atoms with Gasteiger partial charge in [0.1, 0.15) is 0 Å². The Balaban J connectivity index is 0.00000261. The van der Waals surface area contributed by atoms with Gasteiger partial charge in [0.25, 0.3) is 0 Å². The van der Waals surface area contributed by atoms with E-state index in [1.54, 1.807) is 14.2 Å². The summed E-state index contributed by atoms with van der Waals surface area (Å²) in [6.45, 7) is 3.83. The van der Waals surface area contributed by atoms with E-state index < -0.39 is 0 Å². The molecule has 6 nitrogen and oxygen atoms in total. The van der Waals surface area contributed by atoms with E-state index in [0.717, 1.165) is 18.7 Å². The summed E-state index contributed by atoms with van der Waals surface area (Å²) in [6.07, 6.45) is 1.09. The number of halogens is 1. The Morgan fingerprint density at radius 3 is 2.67 bits per heavy atom. The highest BCUT2D eigenvalue weighted by Crippen LogP contribution is 2.30. The molecule has 2 aromatic rings. The van der Waals surface area contributed by atoms with Crippen LogP contribution in [-0.4, -0.2) is 39.3 Å². The van der Waals surface area contributed by atoms with Gasteiger partial charge in [-0.15, -0.1) is 24.0 Å². The number of para-hydroxylation sites is 1. The van der Waals surface area contributed by atoms with Crippen LogP contribution in [0.25, 0.3) is 0 Å². The summed E-state index contributed by atoms with van der Waals surface area (Å²) in [5.41, 5.74) is 9.58. The summed E-state index contributed by atoms with van der Waals surface area (Å²) >= 11 is 0. The van der Waals surface area contributed by atoms with Crippen LogP contribution in [0.4, 0.5) is 11.4 Å². The number of aliphatic imine (C=N–C) groups is 1. The maximum Gasteiger partial charge on any atom is 0.193 e. The van der Waals surface area contributed by atoms with Gasteiger partial charge in [0.15, 0.2) is 17.5 Å². The average molecular weight is 482 g/mol. The Kier molecular flexibility index (Phi) is 7.58. The number of ether oxygens (including phenoxy) is 2. The van der Waals surface area contributed by atoms with Crippen molar-refractivity contribution in [1.82, 2.24) is 0 Å². The average Bonchev–Trinajstić information content (AvgIpc) is 3.10. The predicted octanol–water partition coefficient (Wildman–Crippen LogP) is 3.50. The van der Waals surface area contributed by atoms with Crippen LogP contribution in [0.15, 0.2) is 47.5 Å². The second-order valence-electron chi connectivity index (χ2n) is 6.34. The van der Waals surface area contributed by atoms with Gasteiger partial charge in [0, 0.05) is 30.0 Å². The molecule has 0 aliphatic carbocycles. The molecule has 1 unspecified atom stereocenters. The summed E-state index contributed by atoms with van der Waals surface area (Å²) in [4.78, 5) is 6.90. The van der Waals surface area contributed by atoms with E-state index >= 15 is 0 Å². The van der Waals surface area contributed by atoms with Crippen molar-refractivity contribution in [2.75, 3.05) is 37.5 Å². The molecule has 1 atom stereocenters. The molecule has 7 heteroatoms. The first kappa shape index (κ1) is 21.1. The van der Waals surface area contributed by atoms with E-state index in [4.69, 9.17) is 15.2 Å². The number of fused-ring (bicyclic) bond motifs is 1. The second-order valence-corrected chi connectivity index (χ2v) is 6.34. The van der Waals surface area contributed by atoms with Gasteiger partial charge in [-0.1, -0.05) is 18.2 Å². The lowest BCUT2D eigenvalue weighted by atomic mass is 10.2.